The van der Waals surface area contributed by atoms with Crippen LogP contribution in [0, 0.1) is 0 Å². The molecule has 0 aliphatic carbocycles. The average Bonchev–Trinajstić information content (AvgIpc) is 2.42. The fourth-order valence-electron chi connectivity index (χ4n) is 1.49. The predicted molar refractivity (Wildman–Crippen MR) is 75.4 cm³/mol. The van der Waals surface area contributed by atoms with E-state index in [1.807, 2.05) is 6.92 Å². The molecule has 0 fully saturated rings. The van der Waals surface area contributed by atoms with E-state index in [-0.39, 0.29) is 18.2 Å². The zero-order valence-electron chi connectivity index (χ0n) is 12.6. The maximum atomic E-state index is 12.9. The minimum absolute atomic E-state index is 0.106. The summed E-state index contributed by atoms with van der Waals surface area (Å²) in [6.07, 6.45) is -3.86. The minimum Gasteiger partial charge on any atom is -0.394 e. The highest BCUT2D eigenvalue weighted by Gasteiger charge is 2.36. The molecular formula is C13H21F3N4O. The number of anilines is 2. The molecule has 0 aliphatic rings. The second-order valence-corrected chi connectivity index (χ2v) is 5.39. The lowest BCUT2D eigenvalue weighted by molar-refractivity contribution is -0.144. The maximum absolute atomic E-state index is 12.9. The molecule has 1 aromatic rings. The van der Waals surface area contributed by atoms with Crippen LogP contribution in [0.4, 0.5) is 24.8 Å². The Bertz CT molecular complexity index is 477. The summed E-state index contributed by atoms with van der Waals surface area (Å²) >= 11 is 0. The summed E-state index contributed by atoms with van der Waals surface area (Å²) in [7, 11) is 1.59. The number of nitrogens with one attached hydrogen (secondary N) is 1. The molecule has 0 amide bonds. The van der Waals surface area contributed by atoms with E-state index in [1.54, 1.807) is 20.9 Å². The predicted octanol–water partition coefficient (Wildman–Crippen LogP) is 2.52. The van der Waals surface area contributed by atoms with E-state index < -0.39 is 17.5 Å². The number of halogens is 3. The van der Waals surface area contributed by atoms with Crippen molar-refractivity contribution in [2.24, 2.45) is 0 Å². The molecule has 0 radical (unpaired) electrons. The molecule has 0 saturated carbocycles. The number of alkyl halides is 3. The average molecular weight is 306 g/mol. The molecule has 0 unspecified atom stereocenters. The van der Waals surface area contributed by atoms with Crippen LogP contribution < -0.4 is 10.2 Å². The number of nitrogens with zero attached hydrogens (tertiary/aromatic N) is 3. The van der Waals surface area contributed by atoms with E-state index in [4.69, 9.17) is 0 Å². The first kappa shape index (κ1) is 17.5. The van der Waals surface area contributed by atoms with Crippen molar-refractivity contribution in [3.05, 3.63) is 11.9 Å². The van der Waals surface area contributed by atoms with Crippen LogP contribution in [0.15, 0.2) is 6.07 Å². The molecular weight excluding hydrogens is 285 g/mol. The number of hydrogen-bond donors (Lipinski definition) is 2. The molecule has 0 saturated heterocycles. The van der Waals surface area contributed by atoms with Crippen molar-refractivity contribution in [1.29, 1.82) is 0 Å². The van der Waals surface area contributed by atoms with Gasteiger partial charge in [-0.2, -0.15) is 13.2 Å². The minimum atomic E-state index is -4.62. The number of hydrogen-bond acceptors (Lipinski definition) is 5. The summed E-state index contributed by atoms with van der Waals surface area (Å²) in [6.45, 7) is 5.62. The van der Waals surface area contributed by atoms with Crippen LogP contribution in [0.3, 0.4) is 0 Å². The first-order valence-electron chi connectivity index (χ1n) is 6.66. The van der Waals surface area contributed by atoms with Crippen LogP contribution in [-0.2, 0) is 6.18 Å². The van der Waals surface area contributed by atoms with Gasteiger partial charge in [-0.05, 0) is 20.3 Å². The van der Waals surface area contributed by atoms with Crippen molar-refractivity contribution in [3.63, 3.8) is 0 Å². The van der Waals surface area contributed by atoms with Gasteiger partial charge >= 0.3 is 6.18 Å². The monoisotopic (exact) mass is 306 g/mol. The molecule has 0 aromatic carbocycles. The van der Waals surface area contributed by atoms with Crippen LogP contribution in [0.5, 0.6) is 0 Å². The fraction of sp³-hybridized carbons (Fsp3) is 0.692. The second kappa shape index (κ2) is 6.46. The molecule has 0 aliphatic heterocycles. The van der Waals surface area contributed by atoms with Gasteiger partial charge in [0.25, 0.3) is 0 Å². The van der Waals surface area contributed by atoms with Gasteiger partial charge in [0.1, 0.15) is 11.6 Å². The molecule has 8 heteroatoms. The summed E-state index contributed by atoms with van der Waals surface area (Å²) in [6, 6.07) is 1.45. The standard InChI is InChI=1S/C13H21F3N4O/c1-5-6-17-9-7-10(20(4)12(2,3)8-21)19-11(18-9)13(14,15)16/h7,21H,5-6,8H2,1-4H3,(H,17,18,19). The van der Waals surface area contributed by atoms with Gasteiger partial charge in [-0.25, -0.2) is 9.97 Å². The lowest BCUT2D eigenvalue weighted by Gasteiger charge is -2.35. The van der Waals surface area contributed by atoms with Gasteiger partial charge in [-0.1, -0.05) is 6.92 Å². The highest BCUT2D eigenvalue weighted by atomic mass is 19.4. The SMILES string of the molecule is CCCNc1cc(N(C)C(C)(C)CO)nc(C(F)(F)F)n1. The third-order valence-electron chi connectivity index (χ3n) is 3.16. The molecule has 1 rings (SSSR count). The topological polar surface area (TPSA) is 61.3 Å². The van der Waals surface area contributed by atoms with Gasteiger partial charge in [-0.15, -0.1) is 0 Å². The molecule has 120 valence electrons. The lowest BCUT2D eigenvalue weighted by Crippen LogP contribution is -2.45. The molecule has 5 nitrogen and oxygen atoms in total. The molecule has 0 spiro atoms. The number of aromatic nitrogens is 2. The zero-order valence-corrected chi connectivity index (χ0v) is 12.6. The van der Waals surface area contributed by atoms with Crippen LogP contribution in [0.1, 0.15) is 33.0 Å². The van der Waals surface area contributed by atoms with E-state index in [1.165, 1.54) is 11.0 Å². The third-order valence-corrected chi connectivity index (χ3v) is 3.16. The Hall–Kier alpha value is -1.57. The quantitative estimate of drug-likeness (QED) is 0.845. The van der Waals surface area contributed by atoms with Gasteiger partial charge in [0.15, 0.2) is 0 Å². The first-order valence-corrected chi connectivity index (χ1v) is 6.66. The van der Waals surface area contributed by atoms with Crippen molar-refractivity contribution >= 4 is 11.6 Å². The maximum Gasteiger partial charge on any atom is 0.451 e. The molecule has 0 atom stereocenters. The van der Waals surface area contributed by atoms with Gasteiger partial charge in [-0.3, -0.25) is 0 Å². The number of aliphatic hydroxyl groups is 1. The summed E-state index contributed by atoms with van der Waals surface area (Å²) in [5, 5.41) is 12.2. The van der Waals surface area contributed by atoms with Crippen molar-refractivity contribution in [3.8, 4) is 0 Å². The normalized spacial score (nSPS) is 12.4. The third kappa shape index (κ3) is 4.45. The van der Waals surface area contributed by atoms with Crippen molar-refractivity contribution in [1.82, 2.24) is 9.97 Å². The zero-order chi connectivity index (χ0) is 16.3. The summed E-state index contributed by atoms with van der Waals surface area (Å²) in [5.74, 6) is -0.969. The number of likely N-dealkylation sites (N-methyl/N-ethyl adjacent to an activating group) is 1. The van der Waals surface area contributed by atoms with Gasteiger partial charge in [0.2, 0.25) is 5.82 Å². The summed E-state index contributed by atoms with van der Waals surface area (Å²) < 4.78 is 38.7. The van der Waals surface area contributed by atoms with E-state index in [0.717, 1.165) is 6.42 Å². The van der Waals surface area contributed by atoms with Crippen LogP contribution in [0.2, 0.25) is 0 Å². The Morgan fingerprint density at radius 1 is 1.29 bits per heavy atom. The van der Waals surface area contributed by atoms with Gasteiger partial charge < -0.3 is 15.3 Å². The summed E-state index contributed by atoms with van der Waals surface area (Å²) in [5.41, 5.74) is -0.737. The van der Waals surface area contributed by atoms with Crippen molar-refractivity contribution < 1.29 is 18.3 Å². The second-order valence-electron chi connectivity index (χ2n) is 5.39. The molecule has 0 bridgehead atoms. The highest BCUT2D eigenvalue weighted by molar-refractivity contribution is 5.50. The van der Waals surface area contributed by atoms with E-state index in [9.17, 15) is 18.3 Å². The van der Waals surface area contributed by atoms with Crippen LogP contribution in [-0.4, -0.2) is 40.8 Å². The van der Waals surface area contributed by atoms with E-state index in [2.05, 4.69) is 15.3 Å². The highest BCUT2D eigenvalue weighted by Crippen LogP contribution is 2.30. The molecule has 1 aromatic heterocycles. The number of aliphatic hydroxyl groups excluding tert-OH is 1. The molecule has 1 heterocycles. The van der Waals surface area contributed by atoms with Gasteiger partial charge in [0, 0.05) is 19.7 Å². The van der Waals surface area contributed by atoms with E-state index in [0.29, 0.717) is 6.54 Å². The Labute approximate surface area is 122 Å². The number of rotatable bonds is 6. The lowest BCUT2D eigenvalue weighted by atomic mass is 10.1. The van der Waals surface area contributed by atoms with Gasteiger partial charge in [0.05, 0.1) is 12.1 Å². The van der Waals surface area contributed by atoms with E-state index >= 15 is 0 Å². The smallest absolute Gasteiger partial charge is 0.394 e. The van der Waals surface area contributed by atoms with Crippen molar-refractivity contribution in [2.75, 3.05) is 30.4 Å². The largest absolute Gasteiger partial charge is 0.451 e. The first-order chi connectivity index (χ1) is 9.61. The Morgan fingerprint density at radius 3 is 2.38 bits per heavy atom. The molecule has 21 heavy (non-hydrogen) atoms. The van der Waals surface area contributed by atoms with Crippen LogP contribution in [0.25, 0.3) is 0 Å². The van der Waals surface area contributed by atoms with Crippen molar-refractivity contribution in [2.45, 2.75) is 38.9 Å². The Kier molecular flexibility index (Phi) is 5.38. The Balaban J connectivity index is 3.24. The Morgan fingerprint density at radius 2 is 1.90 bits per heavy atom. The van der Waals surface area contributed by atoms with Crippen LogP contribution >= 0.6 is 0 Å². The molecule has 2 N–H and O–H groups in total. The fourth-order valence-corrected chi connectivity index (χ4v) is 1.49. The summed E-state index contributed by atoms with van der Waals surface area (Å²) in [4.78, 5) is 8.56.